The third-order valence-electron chi connectivity index (χ3n) is 3.84. The van der Waals surface area contributed by atoms with E-state index < -0.39 is 0 Å². The highest BCUT2D eigenvalue weighted by Gasteiger charge is 2.18. The Bertz CT molecular complexity index is 650. The molecule has 4 heteroatoms. The molecular formula is C18H18FNOS. The van der Waals surface area contributed by atoms with Gasteiger partial charge < -0.3 is 5.32 Å². The van der Waals surface area contributed by atoms with Crippen molar-refractivity contribution in [3.8, 4) is 0 Å². The van der Waals surface area contributed by atoms with Crippen LogP contribution in [-0.4, -0.2) is 11.2 Å². The van der Waals surface area contributed by atoms with Crippen molar-refractivity contribution >= 4 is 23.4 Å². The van der Waals surface area contributed by atoms with Crippen molar-refractivity contribution in [1.82, 2.24) is 0 Å². The third kappa shape index (κ3) is 3.69. The van der Waals surface area contributed by atoms with E-state index in [1.54, 1.807) is 0 Å². The second kappa shape index (κ2) is 6.97. The molecule has 0 heterocycles. The monoisotopic (exact) mass is 315 g/mol. The summed E-state index contributed by atoms with van der Waals surface area (Å²) in [5.41, 5.74) is 1.29. The topological polar surface area (TPSA) is 29.1 Å². The molecule has 1 N–H and O–H groups in total. The molecule has 0 spiro atoms. The molecule has 0 atom stereocenters. The quantitative estimate of drug-likeness (QED) is 0.849. The minimum absolute atomic E-state index is 0.209. The molecular weight excluding hydrogens is 297 g/mol. The Hall–Kier alpha value is -1.81. The number of anilines is 1. The highest BCUT2D eigenvalue weighted by Crippen LogP contribution is 2.38. The lowest BCUT2D eigenvalue weighted by Crippen LogP contribution is -2.12. The summed E-state index contributed by atoms with van der Waals surface area (Å²) in [4.78, 5) is 13.4. The van der Waals surface area contributed by atoms with Crippen molar-refractivity contribution in [3.05, 3.63) is 59.9 Å². The van der Waals surface area contributed by atoms with Gasteiger partial charge in [-0.25, -0.2) is 4.39 Å². The Morgan fingerprint density at radius 1 is 1.05 bits per heavy atom. The minimum Gasteiger partial charge on any atom is -0.321 e. The van der Waals surface area contributed by atoms with Gasteiger partial charge >= 0.3 is 0 Å². The van der Waals surface area contributed by atoms with Crippen LogP contribution in [0, 0.1) is 5.82 Å². The maximum absolute atomic E-state index is 12.9. The van der Waals surface area contributed by atoms with E-state index in [4.69, 9.17) is 0 Å². The predicted molar refractivity (Wildman–Crippen MR) is 88.9 cm³/mol. The zero-order valence-electron chi connectivity index (χ0n) is 12.2. The van der Waals surface area contributed by atoms with Crippen LogP contribution in [0.2, 0.25) is 0 Å². The number of hydrogen-bond donors (Lipinski definition) is 1. The van der Waals surface area contributed by atoms with Gasteiger partial charge in [-0.3, -0.25) is 4.79 Å². The zero-order chi connectivity index (χ0) is 15.4. The SMILES string of the molecule is O=C(Nc1ccccc1SC1CCCC1)c1ccc(F)cc1. The van der Waals surface area contributed by atoms with Crippen LogP contribution in [0.3, 0.4) is 0 Å². The van der Waals surface area contributed by atoms with Crippen molar-refractivity contribution in [2.75, 3.05) is 5.32 Å². The summed E-state index contributed by atoms with van der Waals surface area (Å²) in [6.45, 7) is 0. The van der Waals surface area contributed by atoms with Crippen molar-refractivity contribution in [2.45, 2.75) is 35.8 Å². The molecule has 2 aromatic rings. The molecule has 1 saturated carbocycles. The van der Waals surface area contributed by atoms with Gasteiger partial charge in [-0.1, -0.05) is 25.0 Å². The zero-order valence-corrected chi connectivity index (χ0v) is 13.0. The Morgan fingerprint density at radius 2 is 1.73 bits per heavy atom. The van der Waals surface area contributed by atoms with Crippen LogP contribution in [0.15, 0.2) is 53.4 Å². The molecule has 0 unspecified atom stereocenters. The van der Waals surface area contributed by atoms with E-state index in [9.17, 15) is 9.18 Å². The number of para-hydroxylation sites is 1. The molecule has 0 saturated heterocycles. The van der Waals surface area contributed by atoms with E-state index in [0.29, 0.717) is 10.8 Å². The second-order valence-corrected chi connectivity index (χ2v) is 6.82. The number of nitrogens with one attached hydrogen (secondary N) is 1. The van der Waals surface area contributed by atoms with E-state index in [0.717, 1.165) is 10.6 Å². The standard InChI is InChI=1S/C18H18FNOS/c19-14-11-9-13(10-12-14)18(21)20-16-7-3-4-8-17(16)22-15-5-1-2-6-15/h3-4,7-12,15H,1-2,5-6H2,(H,20,21). The number of carbonyl (C=O) groups is 1. The van der Waals surface area contributed by atoms with E-state index in [2.05, 4.69) is 5.32 Å². The van der Waals surface area contributed by atoms with E-state index in [1.807, 2.05) is 36.0 Å². The van der Waals surface area contributed by atoms with Gasteiger partial charge in [-0.2, -0.15) is 0 Å². The average Bonchev–Trinajstić information content (AvgIpc) is 3.03. The molecule has 114 valence electrons. The Labute approximate surface area is 134 Å². The highest BCUT2D eigenvalue weighted by molar-refractivity contribution is 8.00. The van der Waals surface area contributed by atoms with Crippen molar-refractivity contribution in [2.24, 2.45) is 0 Å². The van der Waals surface area contributed by atoms with Crippen molar-refractivity contribution in [1.29, 1.82) is 0 Å². The molecule has 3 rings (SSSR count). The Morgan fingerprint density at radius 3 is 2.45 bits per heavy atom. The van der Waals surface area contributed by atoms with Crippen LogP contribution in [0.4, 0.5) is 10.1 Å². The van der Waals surface area contributed by atoms with Crippen LogP contribution in [0.25, 0.3) is 0 Å². The maximum Gasteiger partial charge on any atom is 0.255 e. The number of amides is 1. The molecule has 1 amide bonds. The van der Waals surface area contributed by atoms with Crippen LogP contribution in [0.1, 0.15) is 36.0 Å². The lowest BCUT2D eigenvalue weighted by Gasteiger charge is -2.14. The van der Waals surface area contributed by atoms with Crippen LogP contribution in [-0.2, 0) is 0 Å². The van der Waals surface area contributed by atoms with Gasteiger partial charge in [0.05, 0.1) is 5.69 Å². The molecule has 0 aromatic heterocycles. The predicted octanol–water partition coefficient (Wildman–Crippen LogP) is 5.11. The van der Waals surface area contributed by atoms with E-state index in [1.165, 1.54) is 49.9 Å². The smallest absolute Gasteiger partial charge is 0.255 e. The number of hydrogen-bond acceptors (Lipinski definition) is 2. The van der Waals surface area contributed by atoms with Gasteiger partial charge in [-0.15, -0.1) is 11.8 Å². The van der Waals surface area contributed by atoms with Crippen molar-refractivity contribution < 1.29 is 9.18 Å². The molecule has 22 heavy (non-hydrogen) atoms. The first-order chi connectivity index (χ1) is 10.7. The Balaban J connectivity index is 1.73. The number of carbonyl (C=O) groups excluding carboxylic acids is 1. The van der Waals surface area contributed by atoms with Crippen LogP contribution in [0.5, 0.6) is 0 Å². The van der Waals surface area contributed by atoms with Gasteiger partial charge in [0.1, 0.15) is 5.82 Å². The average molecular weight is 315 g/mol. The fraction of sp³-hybridized carbons (Fsp3) is 0.278. The summed E-state index contributed by atoms with van der Waals surface area (Å²) in [5.74, 6) is -0.548. The largest absolute Gasteiger partial charge is 0.321 e. The number of thioether (sulfide) groups is 1. The first-order valence-corrected chi connectivity index (χ1v) is 8.43. The molecule has 2 aromatic carbocycles. The minimum atomic E-state index is -0.339. The second-order valence-electron chi connectivity index (χ2n) is 5.48. The van der Waals surface area contributed by atoms with E-state index >= 15 is 0 Å². The summed E-state index contributed by atoms with van der Waals surface area (Å²) in [6.07, 6.45) is 5.07. The van der Waals surface area contributed by atoms with Gasteiger partial charge in [-0.05, 0) is 49.2 Å². The first-order valence-electron chi connectivity index (χ1n) is 7.55. The molecule has 1 aliphatic carbocycles. The van der Waals surface area contributed by atoms with Crippen molar-refractivity contribution in [3.63, 3.8) is 0 Å². The van der Waals surface area contributed by atoms with Gasteiger partial charge in [0.2, 0.25) is 0 Å². The van der Waals surface area contributed by atoms with Gasteiger partial charge in [0.15, 0.2) is 0 Å². The molecule has 2 nitrogen and oxygen atoms in total. The van der Waals surface area contributed by atoms with Crippen LogP contribution < -0.4 is 5.32 Å². The Kier molecular flexibility index (Phi) is 4.78. The molecule has 1 fully saturated rings. The van der Waals surface area contributed by atoms with Gasteiger partial charge in [0, 0.05) is 15.7 Å². The third-order valence-corrected chi connectivity index (χ3v) is 5.25. The highest BCUT2D eigenvalue weighted by atomic mass is 32.2. The molecule has 0 aliphatic heterocycles. The summed E-state index contributed by atoms with van der Waals surface area (Å²) < 4.78 is 12.9. The number of halogens is 1. The van der Waals surface area contributed by atoms with Gasteiger partial charge in [0.25, 0.3) is 5.91 Å². The lowest BCUT2D eigenvalue weighted by molar-refractivity contribution is 0.102. The molecule has 0 radical (unpaired) electrons. The summed E-state index contributed by atoms with van der Waals surface area (Å²) in [6, 6.07) is 13.5. The fourth-order valence-corrected chi connectivity index (χ4v) is 3.99. The molecule has 1 aliphatic rings. The summed E-state index contributed by atoms with van der Waals surface area (Å²) >= 11 is 1.84. The van der Waals surface area contributed by atoms with Crippen LogP contribution >= 0.6 is 11.8 Å². The molecule has 0 bridgehead atoms. The fourth-order valence-electron chi connectivity index (χ4n) is 2.65. The summed E-state index contributed by atoms with van der Waals surface area (Å²) in [7, 11) is 0. The normalized spacial score (nSPS) is 15.0. The first kappa shape index (κ1) is 15.1. The maximum atomic E-state index is 12.9. The van der Waals surface area contributed by atoms with E-state index in [-0.39, 0.29) is 11.7 Å². The lowest BCUT2D eigenvalue weighted by atomic mass is 10.2. The summed E-state index contributed by atoms with van der Waals surface area (Å²) in [5, 5.41) is 3.58. The number of benzene rings is 2. The number of rotatable bonds is 4.